The van der Waals surface area contributed by atoms with Crippen LogP contribution in [0.3, 0.4) is 0 Å². The van der Waals surface area contributed by atoms with Crippen LogP contribution >= 0.6 is 0 Å². The molecule has 0 aliphatic carbocycles. The lowest BCUT2D eigenvalue weighted by atomic mass is 10.1. The van der Waals surface area contributed by atoms with Gasteiger partial charge in [0.25, 0.3) is 5.91 Å². The average molecular weight is 347 g/mol. The summed E-state index contributed by atoms with van der Waals surface area (Å²) in [7, 11) is 0. The molecule has 3 aromatic rings. The molecule has 1 heterocycles. The molecule has 0 unspecified atom stereocenters. The van der Waals surface area contributed by atoms with E-state index in [1.54, 1.807) is 23.0 Å². The highest BCUT2D eigenvalue weighted by Gasteiger charge is 2.07. The maximum Gasteiger partial charge on any atom is 0.277 e. The van der Waals surface area contributed by atoms with Gasteiger partial charge in [-0.25, -0.2) is 9.67 Å². The number of amides is 1. The number of nitrogens with zero attached hydrogens (tertiary/aromatic N) is 3. The number of carbonyl (C=O) groups excluding carboxylic acids is 1. The van der Waals surface area contributed by atoms with E-state index in [1.807, 2.05) is 62.4 Å². The topological polar surface area (TPSA) is 56.5 Å². The number of hydrogen-bond acceptors (Lipinski definition) is 3. The maximum absolute atomic E-state index is 12.4. The van der Waals surface area contributed by atoms with Gasteiger partial charge in [-0.05, 0) is 37.6 Å². The van der Waals surface area contributed by atoms with Crippen molar-refractivity contribution in [3.05, 3.63) is 83.3 Å². The highest BCUT2D eigenvalue weighted by molar-refractivity contribution is 5.95. The lowest BCUT2D eigenvalue weighted by Gasteiger charge is -2.12. The third kappa shape index (κ3) is 4.25. The van der Waals surface area contributed by atoms with Crippen LogP contribution in [-0.2, 0) is 0 Å². The van der Waals surface area contributed by atoms with Crippen LogP contribution in [0.15, 0.2) is 71.9 Å². The SMILES string of the molecule is CCCOc1cc(=NC(=O)c2cccc(C)c2)cnn1-c1ccccc1. The summed E-state index contributed by atoms with van der Waals surface area (Å²) in [6.07, 6.45) is 2.44. The van der Waals surface area contributed by atoms with Crippen molar-refractivity contribution in [1.29, 1.82) is 0 Å². The first-order valence-corrected chi connectivity index (χ1v) is 8.60. The van der Waals surface area contributed by atoms with E-state index in [1.165, 1.54) is 0 Å². The van der Waals surface area contributed by atoms with Gasteiger partial charge in [0.15, 0.2) is 0 Å². The maximum atomic E-state index is 12.4. The molecule has 0 N–H and O–H groups in total. The Morgan fingerprint density at radius 2 is 1.92 bits per heavy atom. The van der Waals surface area contributed by atoms with Gasteiger partial charge in [0.2, 0.25) is 5.88 Å². The number of hydrogen-bond donors (Lipinski definition) is 0. The van der Waals surface area contributed by atoms with Crippen LogP contribution in [0.25, 0.3) is 5.69 Å². The minimum atomic E-state index is -0.297. The van der Waals surface area contributed by atoms with Gasteiger partial charge in [0, 0.05) is 11.6 Å². The number of aryl methyl sites for hydroxylation is 1. The van der Waals surface area contributed by atoms with Crippen molar-refractivity contribution in [3.8, 4) is 11.6 Å². The Labute approximate surface area is 152 Å². The molecule has 0 aliphatic rings. The molecule has 0 fully saturated rings. The Balaban J connectivity index is 1.99. The quantitative estimate of drug-likeness (QED) is 0.707. The highest BCUT2D eigenvalue weighted by atomic mass is 16.5. The van der Waals surface area contributed by atoms with E-state index in [0.717, 1.165) is 17.7 Å². The molecule has 1 aromatic heterocycles. The summed E-state index contributed by atoms with van der Waals surface area (Å²) >= 11 is 0. The summed E-state index contributed by atoms with van der Waals surface area (Å²) in [6.45, 7) is 4.54. The summed E-state index contributed by atoms with van der Waals surface area (Å²) < 4.78 is 7.52. The summed E-state index contributed by atoms with van der Waals surface area (Å²) in [5.41, 5.74) is 2.46. The van der Waals surface area contributed by atoms with Crippen LogP contribution in [-0.4, -0.2) is 22.3 Å². The van der Waals surface area contributed by atoms with Crippen molar-refractivity contribution < 1.29 is 9.53 Å². The summed E-state index contributed by atoms with van der Waals surface area (Å²) in [5, 5.41) is 4.88. The monoisotopic (exact) mass is 347 g/mol. The molecule has 5 nitrogen and oxygen atoms in total. The minimum Gasteiger partial charge on any atom is -0.478 e. The van der Waals surface area contributed by atoms with Crippen molar-refractivity contribution >= 4 is 5.91 Å². The highest BCUT2D eigenvalue weighted by Crippen LogP contribution is 2.14. The Bertz CT molecular complexity index is 962. The predicted molar refractivity (Wildman–Crippen MR) is 100 cm³/mol. The Morgan fingerprint density at radius 1 is 1.12 bits per heavy atom. The number of aromatic nitrogens is 2. The van der Waals surface area contributed by atoms with Gasteiger partial charge in [-0.1, -0.05) is 42.8 Å². The zero-order valence-electron chi connectivity index (χ0n) is 14.9. The zero-order chi connectivity index (χ0) is 18.4. The van der Waals surface area contributed by atoms with Gasteiger partial charge in [-0.15, -0.1) is 0 Å². The van der Waals surface area contributed by atoms with E-state index in [2.05, 4.69) is 10.1 Å². The van der Waals surface area contributed by atoms with Crippen LogP contribution in [0.5, 0.6) is 5.88 Å². The van der Waals surface area contributed by atoms with E-state index in [-0.39, 0.29) is 5.91 Å². The average Bonchev–Trinajstić information content (AvgIpc) is 2.67. The number of carbonyl (C=O) groups is 1. The standard InChI is InChI=1S/C21H21N3O2/c1-3-12-26-20-14-18(15-22-24(20)19-10-5-4-6-11-19)23-21(25)17-9-7-8-16(2)13-17/h4-11,13-15H,3,12H2,1-2H3. The number of rotatable bonds is 5. The van der Waals surface area contributed by atoms with Crippen LogP contribution in [0.2, 0.25) is 0 Å². The van der Waals surface area contributed by atoms with Crippen LogP contribution in [0, 0.1) is 6.92 Å². The second-order valence-corrected chi connectivity index (χ2v) is 5.93. The minimum absolute atomic E-state index is 0.297. The van der Waals surface area contributed by atoms with Gasteiger partial charge < -0.3 is 4.74 Å². The van der Waals surface area contributed by atoms with Gasteiger partial charge in [0.1, 0.15) is 0 Å². The zero-order valence-corrected chi connectivity index (χ0v) is 14.9. The molecule has 0 radical (unpaired) electrons. The molecule has 1 amide bonds. The van der Waals surface area contributed by atoms with Gasteiger partial charge in [-0.2, -0.15) is 5.10 Å². The Hall–Kier alpha value is -3.21. The van der Waals surface area contributed by atoms with Crippen LogP contribution in [0.4, 0.5) is 0 Å². The van der Waals surface area contributed by atoms with Crippen LogP contribution in [0.1, 0.15) is 29.3 Å². The van der Waals surface area contributed by atoms with E-state index in [9.17, 15) is 4.79 Å². The molecule has 2 aromatic carbocycles. The molecule has 0 aliphatic heterocycles. The van der Waals surface area contributed by atoms with Gasteiger partial charge >= 0.3 is 0 Å². The first-order chi connectivity index (χ1) is 12.7. The summed E-state index contributed by atoms with van der Waals surface area (Å²) in [5.74, 6) is 0.255. The van der Waals surface area contributed by atoms with Gasteiger partial charge in [-0.3, -0.25) is 4.79 Å². The Kier molecular flexibility index (Phi) is 5.59. The fraction of sp³-hybridized carbons (Fsp3) is 0.190. The molecule has 5 heteroatoms. The second-order valence-electron chi connectivity index (χ2n) is 5.93. The fourth-order valence-electron chi connectivity index (χ4n) is 2.49. The van der Waals surface area contributed by atoms with Crippen molar-refractivity contribution in [2.45, 2.75) is 20.3 Å². The fourth-order valence-corrected chi connectivity index (χ4v) is 2.49. The molecule has 0 spiro atoms. The third-order valence-corrected chi connectivity index (χ3v) is 3.74. The molecule has 26 heavy (non-hydrogen) atoms. The van der Waals surface area contributed by atoms with Crippen molar-refractivity contribution in [1.82, 2.24) is 9.78 Å². The summed E-state index contributed by atoms with van der Waals surface area (Å²) in [6, 6.07) is 18.8. The van der Waals surface area contributed by atoms with Crippen molar-refractivity contribution in [3.63, 3.8) is 0 Å². The Morgan fingerprint density at radius 3 is 2.65 bits per heavy atom. The normalized spacial score (nSPS) is 11.4. The van der Waals surface area contributed by atoms with Crippen LogP contribution < -0.4 is 10.1 Å². The molecule has 132 valence electrons. The first kappa shape index (κ1) is 17.6. The summed E-state index contributed by atoms with van der Waals surface area (Å²) in [4.78, 5) is 16.6. The lowest BCUT2D eigenvalue weighted by Crippen LogP contribution is -2.15. The number of benzene rings is 2. The first-order valence-electron chi connectivity index (χ1n) is 8.60. The van der Waals surface area contributed by atoms with E-state index in [4.69, 9.17) is 4.74 Å². The molecular formula is C21H21N3O2. The molecule has 0 saturated heterocycles. The molecule has 3 rings (SSSR count). The number of ether oxygens (including phenoxy) is 1. The van der Waals surface area contributed by atoms with E-state index >= 15 is 0 Å². The second kappa shape index (κ2) is 8.25. The molecule has 0 saturated carbocycles. The lowest BCUT2D eigenvalue weighted by molar-refractivity contribution is 0.0998. The van der Waals surface area contributed by atoms with Crippen molar-refractivity contribution in [2.75, 3.05) is 6.61 Å². The predicted octanol–water partition coefficient (Wildman–Crippen LogP) is 3.71. The van der Waals surface area contributed by atoms with E-state index in [0.29, 0.717) is 23.4 Å². The number of para-hydroxylation sites is 1. The molecule has 0 atom stereocenters. The largest absolute Gasteiger partial charge is 0.478 e. The smallest absolute Gasteiger partial charge is 0.277 e. The molecular weight excluding hydrogens is 326 g/mol. The third-order valence-electron chi connectivity index (χ3n) is 3.74. The van der Waals surface area contributed by atoms with Crippen molar-refractivity contribution in [2.24, 2.45) is 4.99 Å². The van der Waals surface area contributed by atoms with Gasteiger partial charge in [0.05, 0.1) is 23.8 Å². The molecule has 0 bridgehead atoms. The van der Waals surface area contributed by atoms with E-state index < -0.39 is 0 Å².